The minimum absolute atomic E-state index is 0.189. The summed E-state index contributed by atoms with van der Waals surface area (Å²) in [5, 5.41) is 2.89. The molecule has 0 aromatic heterocycles. The Balaban J connectivity index is 2.60. The number of hydrogen-bond acceptors (Lipinski definition) is 2. The van der Waals surface area contributed by atoms with E-state index < -0.39 is 17.2 Å². The van der Waals surface area contributed by atoms with Crippen LogP contribution in [0.5, 0.6) is 0 Å². The Morgan fingerprint density at radius 3 is 2.44 bits per heavy atom. The highest BCUT2D eigenvalue weighted by molar-refractivity contribution is 6.06. The second-order valence-corrected chi connectivity index (χ2v) is 4.40. The average Bonchev–Trinajstić information content (AvgIpc) is 2.18. The number of nitrogens with one attached hydrogen (secondary N) is 1. The lowest BCUT2D eigenvalue weighted by Crippen LogP contribution is -2.52. The van der Waals surface area contributed by atoms with Crippen molar-refractivity contribution in [2.24, 2.45) is 0 Å². The zero-order valence-electron chi connectivity index (χ0n) is 9.27. The van der Waals surface area contributed by atoms with Gasteiger partial charge in [0.05, 0.1) is 11.4 Å². The lowest BCUT2D eigenvalue weighted by molar-refractivity contribution is -0.121. The first-order valence-corrected chi connectivity index (χ1v) is 4.88. The second-order valence-electron chi connectivity index (χ2n) is 4.40. The van der Waals surface area contributed by atoms with Crippen molar-refractivity contribution in [2.75, 3.05) is 17.3 Å². The van der Waals surface area contributed by atoms with Gasteiger partial charge in [-0.1, -0.05) is 0 Å². The Labute approximate surface area is 92.1 Å². The van der Waals surface area contributed by atoms with E-state index in [1.54, 1.807) is 20.9 Å². The Kier molecular flexibility index (Phi) is 2.15. The summed E-state index contributed by atoms with van der Waals surface area (Å²) in [7, 11) is 1.54. The smallest absolute Gasteiger partial charge is 0.251 e. The van der Waals surface area contributed by atoms with E-state index in [4.69, 9.17) is 0 Å². The number of halogens is 2. The Hall–Kier alpha value is -1.65. The molecule has 16 heavy (non-hydrogen) atoms. The molecule has 0 saturated carbocycles. The summed E-state index contributed by atoms with van der Waals surface area (Å²) < 4.78 is 26.1. The highest BCUT2D eigenvalue weighted by atomic mass is 19.2. The maximum atomic E-state index is 13.1. The molecule has 1 heterocycles. The van der Waals surface area contributed by atoms with Crippen molar-refractivity contribution in [3.8, 4) is 0 Å². The lowest BCUT2D eigenvalue weighted by Gasteiger charge is -2.38. The van der Waals surface area contributed by atoms with Gasteiger partial charge in [0, 0.05) is 19.2 Å². The predicted molar refractivity (Wildman–Crippen MR) is 57.5 cm³/mol. The predicted octanol–water partition coefficient (Wildman–Crippen LogP) is 2.13. The molecule has 1 aliphatic rings. The van der Waals surface area contributed by atoms with Crippen LogP contribution in [-0.2, 0) is 4.79 Å². The van der Waals surface area contributed by atoms with Gasteiger partial charge in [0.2, 0.25) is 0 Å². The highest BCUT2D eigenvalue weighted by Crippen LogP contribution is 2.35. The zero-order chi connectivity index (χ0) is 12.1. The van der Waals surface area contributed by atoms with Gasteiger partial charge < -0.3 is 10.2 Å². The van der Waals surface area contributed by atoms with Crippen LogP contribution in [0.4, 0.5) is 20.2 Å². The Morgan fingerprint density at radius 1 is 1.25 bits per heavy atom. The van der Waals surface area contributed by atoms with Crippen LogP contribution in [0, 0.1) is 11.6 Å². The van der Waals surface area contributed by atoms with Gasteiger partial charge in [-0.2, -0.15) is 0 Å². The summed E-state index contributed by atoms with van der Waals surface area (Å²) in [4.78, 5) is 13.2. The molecule has 1 amide bonds. The van der Waals surface area contributed by atoms with Crippen LogP contribution in [-0.4, -0.2) is 18.5 Å². The number of carbonyl (C=O) groups is 1. The first-order valence-electron chi connectivity index (χ1n) is 4.88. The van der Waals surface area contributed by atoms with Crippen LogP contribution < -0.4 is 10.2 Å². The SMILES string of the molecule is CN1C(=O)C(C)(C)Nc2cc(F)c(F)cc21. The fourth-order valence-corrected chi connectivity index (χ4v) is 1.83. The zero-order valence-corrected chi connectivity index (χ0v) is 9.27. The number of likely N-dealkylation sites (N-methyl/N-ethyl adjacent to an activating group) is 1. The van der Waals surface area contributed by atoms with Crippen molar-refractivity contribution in [3.63, 3.8) is 0 Å². The molecule has 0 aliphatic carbocycles. The quantitative estimate of drug-likeness (QED) is 0.735. The van der Waals surface area contributed by atoms with Crippen molar-refractivity contribution >= 4 is 17.3 Å². The van der Waals surface area contributed by atoms with Crippen molar-refractivity contribution in [1.29, 1.82) is 0 Å². The van der Waals surface area contributed by atoms with E-state index in [9.17, 15) is 13.6 Å². The fourth-order valence-electron chi connectivity index (χ4n) is 1.83. The average molecular weight is 226 g/mol. The van der Waals surface area contributed by atoms with Crippen LogP contribution in [0.25, 0.3) is 0 Å². The Bertz CT molecular complexity index is 471. The first kappa shape index (κ1) is 10.9. The third kappa shape index (κ3) is 1.43. The number of benzene rings is 1. The fraction of sp³-hybridized carbons (Fsp3) is 0.364. The van der Waals surface area contributed by atoms with Crippen molar-refractivity contribution < 1.29 is 13.6 Å². The largest absolute Gasteiger partial charge is 0.370 e. The van der Waals surface area contributed by atoms with Crippen molar-refractivity contribution in [3.05, 3.63) is 23.8 Å². The summed E-state index contributed by atoms with van der Waals surface area (Å²) >= 11 is 0. The van der Waals surface area contributed by atoms with Gasteiger partial charge in [-0.25, -0.2) is 8.78 Å². The molecule has 3 nitrogen and oxygen atoms in total. The standard InChI is InChI=1S/C11H12F2N2O/c1-11(2)10(16)15(3)9-5-7(13)6(12)4-8(9)14-11/h4-5,14H,1-3H3. The molecule has 1 N–H and O–H groups in total. The topological polar surface area (TPSA) is 32.3 Å². The maximum Gasteiger partial charge on any atom is 0.251 e. The molecule has 5 heteroatoms. The van der Waals surface area contributed by atoms with E-state index in [-0.39, 0.29) is 5.91 Å². The number of rotatable bonds is 0. The lowest BCUT2D eigenvalue weighted by atomic mass is 9.98. The summed E-state index contributed by atoms with van der Waals surface area (Å²) in [6, 6.07) is 2.08. The highest BCUT2D eigenvalue weighted by Gasteiger charge is 2.37. The summed E-state index contributed by atoms with van der Waals surface area (Å²) in [5.41, 5.74) is -0.0410. The first-order chi connectivity index (χ1) is 7.33. The van der Waals surface area contributed by atoms with Crippen LogP contribution in [0.2, 0.25) is 0 Å². The molecule has 0 unspecified atom stereocenters. The molecule has 2 rings (SSSR count). The van der Waals surface area contributed by atoms with Crippen molar-refractivity contribution in [2.45, 2.75) is 19.4 Å². The minimum atomic E-state index is -0.958. The van der Waals surface area contributed by atoms with Crippen LogP contribution in [0.1, 0.15) is 13.8 Å². The van der Waals surface area contributed by atoms with E-state index in [0.717, 1.165) is 12.1 Å². The van der Waals surface area contributed by atoms with Crippen LogP contribution >= 0.6 is 0 Å². The molecule has 0 atom stereocenters. The molecule has 0 saturated heterocycles. The van der Waals surface area contributed by atoms with Gasteiger partial charge >= 0.3 is 0 Å². The van der Waals surface area contributed by atoms with E-state index in [1.807, 2.05) is 0 Å². The minimum Gasteiger partial charge on any atom is -0.370 e. The van der Waals surface area contributed by atoms with Gasteiger partial charge in [0.15, 0.2) is 11.6 Å². The van der Waals surface area contributed by atoms with Crippen molar-refractivity contribution in [1.82, 2.24) is 0 Å². The van der Waals surface area contributed by atoms with E-state index in [2.05, 4.69) is 5.32 Å². The molecule has 1 aromatic rings. The third-order valence-corrected chi connectivity index (χ3v) is 2.69. The van der Waals surface area contributed by atoms with Crippen LogP contribution in [0.3, 0.4) is 0 Å². The van der Waals surface area contributed by atoms with Gasteiger partial charge in [0.1, 0.15) is 5.54 Å². The summed E-state index contributed by atoms with van der Waals surface area (Å²) in [6.07, 6.45) is 0. The van der Waals surface area contributed by atoms with E-state index >= 15 is 0 Å². The monoisotopic (exact) mass is 226 g/mol. The molecule has 0 radical (unpaired) electrons. The number of amides is 1. The third-order valence-electron chi connectivity index (χ3n) is 2.69. The van der Waals surface area contributed by atoms with Gasteiger partial charge in [-0.3, -0.25) is 4.79 Å². The number of anilines is 2. The van der Waals surface area contributed by atoms with Gasteiger partial charge in [0.25, 0.3) is 5.91 Å². The van der Waals surface area contributed by atoms with Gasteiger partial charge in [-0.15, -0.1) is 0 Å². The van der Waals surface area contributed by atoms with E-state index in [1.165, 1.54) is 4.90 Å². The molecular weight excluding hydrogens is 214 g/mol. The van der Waals surface area contributed by atoms with Gasteiger partial charge in [-0.05, 0) is 13.8 Å². The maximum absolute atomic E-state index is 13.1. The number of hydrogen-bond donors (Lipinski definition) is 1. The molecular formula is C11H12F2N2O. The summed E-state index contributed by atoms with van der Waals surface area (Å²) in [5.74, 6) is -2.07. The molecule has 0 fully saturated rings. The van der Waals surface area contributed by atoms with Crippen LogP contribution in [0.15, 0.2) is 12.1 Å². The molecule has 1 aliphatic heterocycles. The molecule has 0 spiro atoms. The Morgan fingerprint density at radius 2 is 1.81 bits per heavy atom. The number of nitrogens with zero attached hydrogens (tertiary/aromatic N) is 1. The number of fused-ring (bicyclic) bond motifs is 1. The molecule has 0 bridgehead atoms. The molecule has 1 aromatic carbocycles. The molecule has 86 valence electrons. The van der Waals surface area contributed by atoms with E-state index in [0.29, 0.717) is 11.4 Å². The summed E-state index contributed by atoms with van der Waals surface area (Å²) in [6.45, 7) is 3.38. The number of carbonyl (C=O) groups excluding carboxylic acids is 1. The second kappa shape index (κ2) is 3.17. The normalized spacial score (nSPS) is 18.1.